The minimum Gasteiger partial charge on any atom is -0.454 e. The summed E-state index contributed by atoms with van der Waals surface area (Å²) in [6, 6.07) is 10.7. The monoisotopic (exact) mass is 432 g/mol. The number of hydrogen-bond acceptors (Lipinski definition) is 7. The summed E-state index contributed by atoms with van der Waals surface area (Å²) in [5, 5.41) is 7.59. The Labute approximate surface area is 175 Å². The van der Waals surface area contributed by atoms with Gasteiger partial charge in [-0.15, -0.1) is 0 Å². The van der Waals surface area contributed by atoms with Gasteiger partial charge in [-0.3, -0.25) is 19.5 Å². The number of rotatable bonds is 7. The standard InChI is InChI=1S/C20H24N4O5S/c21-30(27,28)17-8-5-7-15(12-17)23-19(25)14-29-20(26)18-9-2-4-11-24(18)13-16-6-1-3-10-22-16/h1,3,5-8,10,12,18H,2,4,9,11,13-14H2,(H,23,25)(H2,21,27,28)/t18-/m0/s1. The average Bonchev–Trinajstić information content (AvgIpc) is 2.73. The van der Waals surface area contributed by atoms with Crippen molar-refractivity contribution in [2.75, 3.05) is 18.5 Å². The van der Waals surface area contributed by atoms with Crippen LogP contribution < -0.4 is 10.5 Å². The number of likely N-dealkylation sites (tertiary alicyclic amines) is 1. The van der Waals surface area contributed by atoms with E-state index in [-0.39, 0.29) is 10.6 Å². The summed E-state index contributed by atoms with van der Waals surface area (Å²) in [5.41, 5.74) is 1.11. The normalized spacial score (nSPS) is 17.3. The van der Waals surface area contributed by atoms with Crippen LogP contribution in [0.15, 0.2) is 53.6 Å². The Morgan fingerprint density at radius 3 is 2.77 bits per heavy atom. The third-order valence-electron chi connectivity index (χ3n) is 4.77. The van der Waals surface area contributed by atoms with Crippen LogP contribution >= 0.6 is 0 Å². The fourth-order valence-corrected chi connectivity index (χ4v) is 3.89. The number of benzene rings is 1. The molecule has 0 saturated carbocycles. The van der Waals surface area contributed by atoms with Crippen molar-refractivity contribution < 1.29 is 22.7 Å². The molecular formula is C20H24N4O5S. The van der Waals surface area contributed by atoms with Gasteiger partial charge in [-0.2, -0.15) is 0 Å². The number of piperidine rings is 1. The van der Waals surface area contributed by atoms with Crippen LogP contribution in [-0.2, 0) is 30.9 Å². The van der Waals surface area contributed by atoms with E-state index in [1.54, 1.807) is 6.20 Å². The molecule has 1 aliphatic heterocycles. The van der Waals surface area contributed by atoms with Gasteiger partial charge in [0.05, 0.1) is 10.6 Å². The van der Waals surface area contributed by atoms with Crippen LogP contribution in [0, 0.1) is 0 Å². The fraction of sp³-hybridized carbons (Fsp3) is 0.350. The lowest BCUT2D eigenvalue weighted by Crippen LogP contribution is -2.45. The van der Waals surface area contributed by atoms with Crippen molar-refractivity contribution in [2.45, 2.75) is 36.7 Å². The zero-order valence-corrected chi connectivity index (χ0v) is 17.2. The number of hydrogen-bond donors (Lipinski definition) is 2. The lowest BCUT2D eigenvalue weighted by molar-refractivity contribution is -0.154. The summed E-state index contributed by atoms with van der Waals surface area (Å²) in [4.78, 5) is 30.9. The SMILES string of the molecule is NS(=O)(=O)c1cccc(NC(=O)COC(=O)[C@@H]2CCCCN2Cc2ccccn2)c1. The van der Waals surface area contributed by atoms with Crippen LogP contribution in [0.3, 0.4) is 0 Å². The van der Waals surface area contributed by atoms with Crippen molar-refractivity contribution in [3.05, 3.63) is 54.4 Å². The molecule has 0 bridgehead atoms. The van der Waals surface area contributed by atoms with E-state index in [2.05, 4.69) is 10.3 Å². The Morgan fingerprint density at radius 2 is 2.03 bits per heavy atom. The summed E-state index contributed by atoms with van der Waals surface area (Å²) >= 11 is 0. The van der Waals surface area contributed by atoms with Gasteiger partial charge >= 0.3 is 5.97 Å². The number of anilines is 1. The predicted octanol–water partition coefficient (Wildman–Crippen LogP) is 1.27. The number of nitrogens with two attached hydrogens (primary N) is 1. The van der Waals surface area contributed by atoms with Gasteiger partial charge < -0.3 is 10.1 Å². The van der Waals surface area contributed by atoms with Crippen molar-refractivity contribution in [2.24, 2.45) is 5.14 Å². The Hall–Kier alpha value is -2.82. The van der Waals surface area contributed by atoms with E-state index in [9.17, 15) is 18.0 Å². The van der Waals surface area contributed by atoms with Crippen molar-refractivity contribution in [1.82, 2.24) is 9.88 Å². The number of nitrogens with one attached hydrogen (secondary N) is 1. The molecule has 0 aliphatic carbocycles. The third-order valence-corrected chi connectivity index (χ3v) is 5.68. The predicted molar refractivity (Wildman–Crippen MR) is 110 cm³/mol. The molecule has 2 aromatic rings. The van der Waals surface area contributed by atoms with Gasteiger partial charge in [0.1, 0.15) is 6.04 Å². The van der Waals surface area contributed by atoms with Crippen LogP contribution in [0.25, 0.3) is 0 Å². The van der Waals surface area contributed by atoms with Crippen molar-refractivity contribution >= 4 is 27.6 Å². The molecule has 3 N–H and O–H groups in total. The Balaban J connectivity index is 1.55. The van der Waals surface area contributed by atoms with Crippen LogP contribution in [0.2, 0.25) is 0 Å². The summed E-state index contributed by atoms with van der Waals surface area (Å²) in [6.45, 7) is 0.822. The van der Waals surface area contributed by atoms with E-state index < -0.39 is 34.5 Å². The number of carbonyl (C=O) groups excluding carboxylic acids is 2. The number of primary sulfonamides is 1. The summed E-state index contributed by atoms with van der Waals surface area (Å²) in [6.07, 6.45) is 4.26. The summed E-state index contributed by atoms with van der Waals surface area (Å²) in [7, 11) is -3.88. The first-order valence-electron chi connectivity index (χ1n) is 9.56. The number of pyridine rings is 1. The van der Waals surface area contributed by atoms with E-state index in [1.165, 1.54) is 24.3 Å². The van der Waals surface area contributed by atoms with Crippen LogP contribution in [0.4, 0.5) is 5.69 Å². The number of sulfonamides is 1. The molecule has 1 aromatic heterocycles. The third kappa shape index (κ3) is 6.09. The maximum atomic E-state index is 12.6. The zero-order chi connectivity index (χ0) is 21.6. The van der Waals surface area contributed by atoms with Crippen molar-refractivity contribution in [3.8, 4) is 0 Å². The second-order valence-corrected chi connectivity index (χ2v) is 8.59. The fourth-order valence-electron chi connectivity index (χ4n) is 3.33. The first-order valence-corrected chi connectivity index (χ1v) is 11.1. The highest BCUT2D eigenvalue weighted by molar-refractivity contribution is 7.89. The Morgan fingerprint density at radius 1 is 1.20 bits per heavy atom. The first-order chi connectivity index (χ1) is 14.3. The zero-order valence-electron chi connectivity index (χ0n) is 16.4. The van der Waals surface area contributed by atoms with E-state index in [1.807, 2.05) is 23.1 Å². The number of nitrogens with zero attached hydrogens (tertiary/aromatic N) is 2. The highest BCUT2D eigenvalue weighted by atomic mass is 32.2. The summed E-state index contributed by atoms with van der Waals surface area (Å²) < 4.78 is 28.0. The number of carbonyl (C=O) groups is 2. The van der Waals surface area contributed by atoms with Gasteiger partial charge in [-0.1, -0.05) is 18.6 Å². The molecule has 10 heteroatoms. The van der Waals surface area contributed by atoms with Crippen LogP contribution in [0.5, 0.6) is 0 Å². The van der Waals surface area contributed by atoms with Crippen molar-refractivity contribution in [1.29, 1.82) is 0 Å². The van der Waals surface area contributed by atoms with Gasteiger partial charge in [0.2, 0.25) is 10.0 Å². The number of ether oxygens (including phenoxy) is 1. The van der Waals surface area contributed by atoms with Crippen LogP contribution in [0.1, 0.15) is 25.0 Å². The topological polar surface area (TPSA) is 132 Å². The molecule has 1 atom stereocenters. The average molecular weight is 433 g/mol. The van der Waals surface area contributed by atoms with E-state index >= 15 is 0 Å². The number of esters is 1. The molecule has 2 heterocycles. The molecule has 1 aliphatic rings. The molecule has 0 radical (unpaired) electrons. The van der Waals surface area contributed by atoms with Gasteiger partial charge in [0.15, 0.2) is 6.61 Å². The lowest BCUT2D eigenvalue weighted by Gasteiger charge is -2.33. The lowest BCUT2D eigenvalue weighted by atomic mass is 10.0. The first kappa shape index (κ1) is 21.9. The van der Waals surface area contributed by atoms with E-state index in [4.69, 9.17) is 9.88 Å². The highest BCUT2D eigenvalue weighted by Crippen LogP contribution is 2.20. The Bertz CT molecular complexity index is 997. The minimum absolute atomic E-state index is 0.121. The van der Waals surface area contributed by atoms with E-state index in [0.717, 1.165) is 25.1 Å². The highest BCUT2D eigenvalue weighted by Gasteiger charge is 2.30. The molecule has 0 unspecified atom stereocenters. The van der Waals surface area contributed by atoms with Gasteiger partial charge in [0.25, 0.3) is 5.91 Å². The molecule has 9 nitrogen and oxygen atoms in total. The van der Waals surface area contributed by atoms with Gasteiger partial charge in [-0.05, 0) is 49.7 Å². The quantitative estimate of drug-likeness (QED) is 0.630. The molecule has 30 heavy (non-hydrogen) atoms. The molecule has 1 aromatic carbocycles. The van der Waals surface area contributed by atoms with Gasteiger partial charge in [-0.25, -0.2) is 13.6 Å². The largest absolute Gasteiger partial charge is 0.454 e. The molecule has 160 valence electrons. The number of amides is 1. The summed E-state index contributed by atoms with van der Waals surface area (Å²) in [5.74, 6) is -1.03. The molecular weight excluding hydrogens is 408 g/mol. The maximum Gasteiger partial charge on any atom is 0.323 e. The molecule has 0 spiro atoms. The van der Waals surface area contributed by atoms with Gasteiger partial charge in [0, 0.05) is 18.4 Å². The molecule has 1 fully saturated rings. The van der Waals surface area contributed by atoms with Crippen LogP contribution in [-0.4, -0.2) is 49.4 Å². The second-order valence-electron chi connectivity index (χ2n) is 7.03. The van der Waals surface area contributed by atoms with E-state index in [0.29, 0.717) is 13.0 Å². The van der Waals surface area contributed by atoms with Crippen molar-refractivity contribution in [3.63, 3.8) is 0 Å². The minimum atomic E-state index is -3.88. The smallest absolute Gasteiger partial charge is 0.323 e. The second kappa shape index (κ2) is 9.79. The molecule has 1 amide bonds. The molecule has 1 saturated heterocycles. The Kier molecular flexibility index (Phi) is 7.14. The number of aromatic nitrogens is 1. The maximum absolute atomic E-state index is 12.6. The molecule has 3 rings (SSSR count).